The molecule has 1 aliphatic rings. The zero-order valence-electron chi connectivity index (χ0n) is 10.3. The molecule has 2 nitrogen and oxygen atoms in total. The summed E-state index contributed by atoms with van der Waals surface area (Å²) in [4.78, 5) is 0. The Bertz CT molecular complexity index is 361. The monoisotopic (exact) mass is 237 g/mol. The Morgan fingerprint density at radius 3 is 2.82 bits per heavy atom. The van der Waals surface area contributed by atoms with Gasteiger partial charge in [0, 0.05) is 12.1 Å². The quantitative estimate of drug-likeness (QED) is 0.850. The predicted octanol–water partition coefficient (Wildman–Crippen LogP) is 3.00. The Labute approximate surface area is 102 Å². The number of hydrogen-bond acceptors (Lipinski definition) is 2. The van der Waals surface area contributed by atoms with Crippen molar-refractivity contribution in [2.75, 3.05) is 7.05 Å². The minimum atomic E-state index is -0.164. The maximum absolute atomic E-state index is 13.6. The highest BCUT2D eigenvalue weighted by Gasteiger charge is 2.16. The van der Waals surface area contributed by atoms with Gasteiger partial charge in [0.05, 0.1) is 12.7 Å². The molecule has 0 radical (unpaired) electrons. The number of nitrogens with one attached hydrogen (secondary N) is 1. The van der Waals surface area contributed by atoms with Crippen LogP contribution in [0.5, 0.6) is 0 Å². The molecule has 0 bridgehead atoms. The molecule has 17 heavy (non-hydrogen) atoms. The summed E-state index contributed by atoms with van der Waals surface area (Å²) in [7, 11) is 1.89. The largest absolute Gasteiger partial charge is 0.373 e. The summed E-state index contributed by atoms with van der Waals surface area (Å²) in [6, 6.07) is 5.23. The van der Waals surface area contributed by atoms with Crippen LogP contribution in [0.15, 0.2) is 18.2 Å². The van der Waals surface area contributed by atoms with Crippen LogP contribution in [0.4, 0.5) is 4.39 Å². The standard InChI is InChI=1S/C14H20FNO/c1-16-9-11-6-7-14(15)12(8-11)10-17-13-4-2-3-5-13/h6-8,13,16H,2-5,9-10H2,1H3. The van der Waals surface area contributed by atoms with Crippen LogP contribution < -0.4 is 5.32 Å². The lowest BCUT2D eigenvalue weighted by atomic mass is 10.1. The van der Waals surface area contributed by atoms with Crippen molar-refractivity contribution >= 4 is 0 Å². The molecule has 1 aliphatic carbocycles. The first kappa shape index (κ1) is 12.5. The minimum Gasteiger partial charge on any atom is -0.373 e. The molecule has 1 N–H and O–H groups in total. The fraction of sp³-hybridized carbons (Fsp3) is 0.571. The van der Waals surface area contributed by atoms with Crippen molar-refractivity contribution in [3.8, 4) is 0 Å². The summed E-state index contributed by atoms with van der Waals surface area (Å²) >= 11 is 0. The van der Waals surface area contributed by atoms with Crippen LogP contribution in [-0.2, 0) is 17.9 Å². The molecule has 0 amide bonds. The Hall–Kier alpha value is -0.930. The van der Waals surface area contributed by atoms with Crippen LogP contribution in [0.3, 0.4) is 0 Å². The normalized spacial score (nSPS) is 16.6. The molecular formula is C14H20FNO. The van der Waals surface area contributed by atoms with Gasteiger partial charge in [-0.1, -0.05) is 18.9 Å². The Morgan fingerprint density at radius 2 is 2.12 bits per heavy atom. The highest BCUT2D eigenvalue weighted by molar-refractivity contribution is 5.24. The first-order valence-electron chi connectivity index (χ1n) is 6.33. The molecule has 0 aromatic heterocycles. The highest BCUT2D eigenvalue weighted by atomic mass is 19.1. The van der Waals surface area contributed by atoms with E-state index in [1.807, 2.05) is 19.2 Å². The van der Waals surface area contributed by atoms with E-state index in [4.69, 9.17) is 4.74 Å². The number of ether oxygens (including phenoxy) is 1. The van der Waals surface area contributed by atoms with Crippen LogP contribution in [0, 0.1) is 5.82 Å². The van der Waals surface area contributed by atoms with Gasteiger partial charge in [-0.15, -0.1) is 0 Å². The maximum atomic E-state index is 13.6. The topological polar surface area (TPSA) is 21.3 Å². The van der Waals surface area contributed by atoms with E-state index in [1.54, 1.807) is 0 Å². The van der Waals surface area contributed by atoms with E-state index in [0.717, 1.165) is 24.9 Å². The van der Waals surface area contributed by atoms with E-state index in [0.29, 0.717) is 18.3 Å². The molecule has 1 saturated carbocycles. The molecule has 1 aromatic carbocycles. The summed E-state index contributed by atoms with van der Waals surface area (Å²) in [6.45, 7) is 1.16. The third kappa shape index (κ3) is 3.51. The first-order chi connectivity index (χ1) is 8.29. The van der Waals surface area contributed by atoms with Gasteiger partial charge in [0.1, 0.15) is 5.82 Å². The van der Waals surface area contributed by atoms with Gasteiger partial charge in [-0.3, -0.25) is 0 Å². The van der Waals surface area contributed by atoms with Gasteiger partial charge in [-0.05, 0) is 37.6 Å². The molecule has 2 rings (SSSR count). The van der Waals surface area contributed by atoms with Crippen molar-refractivity contribution in [1.82, 2.24) is 5.32 Å². The minimum absolute atomic E-state index is 0.164. The molecule has 3 heteroatoms. The fourth-order valence-corrected chi connectivity index (χ4v) is 2.32. The SMILES string of the molecule is CNCc1ccc(F)c(COC2CCCC2)c1. The fourth-order valence-electron chi connectivity index (χ4n) is 2.32. The zero-order chi connectivity index (χ0) is 12.1. The summed E-state index contributed by atoms with van der Waals surface area (Å²) in [5.74, 6) is -0.164. The second kappa shape index (κ2) is 6.12. The van der Waals surface area contributed by atoms with Crippen molar-refractivity contribution in [1.29, 1.82) is 0 Å². The van der Waals surface area contributed by atoms with Gasteiger partial charge < -0.3 is 10.1 Å². The number of hydrogen-bond donors (Lipinski definition) is 1. The van der Waals surface area contributed by atoms with E-state index in [1.165, 1.54) is 18.9 Å². The third-order valence-corrected chi connectivity index (χ3v) is 3.27. The Kier molecular flexibility index (Phi) is 4.51. The van der Waals surface area contributed by atoms with Crippen molar-refractivity contribution in [3.05, 3.63) is 35.1 Å². The number of halogens is 1. The van der Waals surface area contributed by atoms with Gasteiger partial charge in [0.25, 0.3) is 0 Å². The van der Waals surface area contributed by atoms with Crippen molar-refractivity contribution in [2.45, 2.75) is 44.9 Å². The predicted molar refractivity (Wildman–Crippen MR) is 66.2 cm³/mol. The molecule has 0 unspecified atom stereocenters. The molecule has 1 fully saturated rings. The van der Waals surface area contributed by atoms with Crippen molar-refractivity contribution in [3.63, 3.8) is 0 Å². The first-order valence-corrected chi connectivity index (χ1v) is 6.33. The average Bonchev–Trinajstić information content (AvgIpc) is 2.83. The van der Waals surface area contributed by atoms with E-state index in [-0.39, 0.29) is 5.82 Å². The molecule has 0 aliphatic heterocycles. The van der Waals surface area contributed by atoms with Crippen LogP contribution >= 0.6 is 0 Å². The van der Waals surface area contributed by atoms with Crippen LogP contribution in [0.1, 0.15) is 36.8 Å². The van der Waals surface area contributed by atoms with E-state index in [2.05, 4.69) is 5.32 Å². The lowest BCUT2D eigenvalue weighted by molar-refractivity contribution is 0.0441. The summed E-state index contributed by atoms with van der Waals surface area (Å²) in [5, 5.41) is 3.06. The van der Waals surface area contributed by atoms with Gasteiger partial charge in [-0.2, -0.15) is 0 Å². The summed E-state index contributed by atoms with van der Waals surface area (Å²) in [5.41, 5.74) is 1.77. The second-order valence-corrected chi connectivity index (χ2v) is 4.67. The lowest BCUT2D eigenvalue weighted by Crippen LogP contribution is -2.09. The molecule has 0 heterocycles. The van der Waals surface area contributed by atoms with Crippen LogP contribution in [0.2, 0.25) is 0 Å². The van der Waals surface area contributed by atoms with E-state index in [9.17, 15) is 4.39 Å². The van der Waals surface area contributed by atoms with Crippen LogP contribution in [-0.4, -0.2) is 13.2 Å². The highest BCUT2D eigenvalue weighted by Crippen LogP contribution is 2.22. The molecular weight excluding hydrogens is 217 g/mol. The number of rotatable bonds is 5. The molecule has 94 valence electrons. The third-order valence-electron chi connectivity index (χ3n) is 3.27. The molecule has 0 saturated heterocycles. The van der Waals surface area contributed by atoms with Crippen molar-refractivity contribution in [2.24, 2.45) is 0 Å². The number of benzene rings is 1. The molecule has 1 aromatic rings. The molecule has 0 spiro atoms. The second-order valence-electron chi connectivity index (χ2n) is 4.67. The van der Waals surface area contributed by atoms with E-state index >= 15 is 0 Å². The molecule has 0 atom stereocenters. The lowest BCUT2D eigenvalue weighted by Gasteiger charge is -2.12. The van der Waals surface area contributed by atoms with E-state index < -0.39 is 0 Å². The zero-order valence-corrected chi connectivity index (χ0v) is 10.3. The average molecular weight is 237 g/mol. The summed E-state index contributed by atoms with van der Waals surface area (Å²) < 4.78 is 19.3. The van der Waals surface area contributed by atoms with Crippen molar-refractivity contribution < 1.29 is 9.13 Å². The van der Waals surface area contributed by atoms with Gasteiger partial charge in [0.15, 0.2) is 0 Å². The Morgan fingerprint density at radius 1 is 1.35 bits per heavy atom. The van der Waals surface area contributed by atoms with Crippen LogP contribution in [0.25, 0.3) is 0 Å². The van der Waals surface area contributed by atoms with Gasteiger partial charge >= 0.3 is 0 Å². The summed E-state index contributed by atoms with van der Waals surface area (Å²) in [6.07, 6.45) is 5.07. The Balaban J connectivity index is 1.95. The van der Waals surface area contributed by atoms with Gasteiger partial charge in [0.2, 0.25) is 0 Å². The smallest absolute Gasteiger partial charge is 0.128 e. The maximum Gasteiger partial charge on any atom is 0.128 e. The van der Waals surface area contributed by atoms with Gasteiger partial charge in [-0.25, -0.2) is 4.39 Å².